The summed E-state index contributed by atoms with van der Waals surface area (Å²) in [6, 6.07) is 6.65. The Labute approximate surface area is 130 Å². The monoisotopic (exact) mass is 353 g/mol. The van der Waals surface area contributed by atoms with Gasteiger partial charge in [0.05, 0.1) is 6.04 Å². The molecule has 2 aliphatic rings. The van der Waals surface area contributed by atoms with E-state index in [2.05, 4.69) is 44.2 Å². The van der Waals surface area contributed by atoms with E-state index in [1.807, 2.05) is 0 Å². The molecule has 0 bridgehead atoms. The SMILES string of the molecule is N[C@@H]1CSCON2CCc3c([nH]c4cc(Br)ccc34)[C@H]12. The van der Waals surface area contributed by atoms with Crippen molar-refractivity contribution in [1.82, 2.24) is 10.0 Å². The third-order valence-corrected chi connectivity index (χ3v) is 5.49. The molecular formula is C14H16BrN3OS. The molecule has 0 unspecified atom stereocenters. The molecule has 0 spiro atoms. The molecule has 20 heavy (non-hydrogen) atoms. The first kappa shape index (κ1) is 13.2. The Morgan fingerprint density at radius 3 is 3.25 bits per heavy atom. The maximum atomic E-state index is 6.38. The van der Waals surface area contributed by atoms with Crippen LogP contribution in [0.15, 0.2) is 22.7 Å². The zero-order chi connectivity index (χ0) is 13.7. The molecule has 1 aromatic heterocycles. The third-order valence-electron chi connectivity index (χ3n) is 4.11. The van der Waals surface area contributed by atoms with Crippen LogP contribution >= 0.6 is 27.7 Å². The first-order valence-corrected chi connectivity index (χ1v) is 8.71. The van der Waals surface area contributed by atoms with E-state index in [0.717, 1.165) is 23.2 Å². The second-order valence-corrected chi connectivity index (χ2v) is 7.22. The Bertz CT molecular complexity index is 659. The van der Waals surface area contributed by atoms with Crippen molar-refractivity contribution < 1.29 is 4.84 Å². The van der Waals surface area contributed by atoms with Crippen LogP contribution in [0.25, 0.3) is 10.9 Å². The summed E-state index contributed by atoms with van der Waals surface area (Å²) in [4.78, 5) is 9.41. The Kier molecular flexibility index (Phi) is 3.31. The van der Waals surface area contributed by atoms with Gasteiger partial charge in [-0.3, -0.25) is 4.84 Å². The molecule has 2 atom stereocenters. The van der Waals surface area contributed by atoms with Crippen LogP contribution < -0.4 is 5.73 Å². The number of rotatable bonds is 0. The fourth-order valence-electron chi connectivity index (χ4n) is 3.23. The average Bonchev–Trinajstić information content (AvgIpc) is 2.68. The van der Waals surface area contributed by atoms with Crippen LogP contribution in [-0.2, 0) is 11.3 Å². The maximum Gasteiger partial charge on any atom is 0.114 e. The van der Waals surface area contributed by atoms with Crippen molar-refractivity contribution in [1.29, 1.82) is 0 Å². The molecule has 1 saturated heterocycles. The fourth-order valence-corrected chi connectivity index (χ4v) is 4.35. The summed E-state index contributed by atoms with van der Waals surface area (Å²) < 4.78 is 1.09. The normalized spacial score (nSPS) is 27.1. The van der Waals surface area contributed by atoms with Crippen LogP contribution in [0.2, 0.25) is 0 Å². The van der Waals surface area contributed by atoms with Crippen molar-refractivity contribution in [2.75, 3.05) is 18.2 Å². The molecule has 106 valence electrons. The molecule has 4 nitrogen and oxygen atoms in total. The van der Waals surface area contributed by atoms with Crippen molar-refractivity contribution in [3.05, 3.63) is 33.9 Å². The third kappa shape index (κ3) is 2.02. The van der Waals surface area contributed by atoms with Gasteiger partial charge in [0.25, 0.3) is 0 Å². The van der Waals surface area contributed by atoms with Gasteiger partial charge in [0.15, 0.2) is 0 Å². The number of aromatic nitrogens is 1. The number of halogens is 1. The van der Waals surface area contributed by atoms with Crippen LogP contribution in [0.4, 0.5) is 0 Å². The molecule has 2 aliphatic heterocycles. The molecule has 0 saturated carbocycles. The van der Waals surface area contributed by atoms with E-state index >= 15 is 0 Å². The van der Waals surface area contributed by atoms with Crippen molar-refractivity contribution in [3.63, 3.8) is 0 Å². The molecule has 0 amide bonds. The molecule has 1 fully saturated rings. The first-order chi connectivity index (χ1) is 9.74. The second kappa shape index (κ2) is 5.03. The van der Waals surface area contributed by atoms with E-state index in [4.69, 9.17) is 10.6 Å². The molecule has 1 aromatic carbocycles. The minimum Gasteiger partial charge on any atom is -0.357 e. The van der Waals surface area contributed by atoms with Crippen molar-refractivity contribution in [2.45, 2.75) is 18.5 Å². The van der Waals surface area contributed by atoms with E-state index in [1.54, 1.807) is 11.8 Å². The number of H-pyrrole nitrogens is 1. The van der Waals surface area contributed by atoms with Crippen molar-refractivity contribution in [2.24, 2.45) is 5.73 Å². The highest BCUT2D eigenvalue weighted by Crippen LogP contribution is 2.38. The zero-order valence-corrected chi connectivity index (χ0v) is 13.3. The van der Waals surface area contributed by atoms with E-state index in [9.17, 15) is 0 Å². The summed E-state index contributed by atoms with van der Waals surface area (Å²) >= 11 is 5.30. The largest absolute Gasteiger partial charge is 0.357 e. The molecule has 3 heterocycles. The molecule has 3 N–H and O–H groups in total. The van der Waals surface area contributed by atoms with Gasteiger partial charge in [-0.05, 0) is 24.1 Å². The van der Waals surface area contributed by atoms with Gasteiger partial charge in [-0.2, -0.15) is 5.06 Å². The number of hydrogen-bond donors (Lipinski definition) is 2. The van der Waals surface area contributed by atoms with E-state index in [1.165, 1.54) is 22.2 Å². The summed E-state index contributed by atoms with van der Waals surface area (Å²) in [6.07, 6.45) is 1.00. The summed E-state index contributed by atoms with van der Waals surface area (Å²) in [5, 5.41) is 3.38. The van der Waals surface area contributed by atoms with Gasteiger partial charge < -0.3 is 10.7 Å². The summed E-state index contributed by atoms with van der Waals surface area (Å²) in [6.45, 7) is 0.912. The summed E-state index contributed by atoms with van der Waals surface area (Å²) in [5.41, 5.74) is 10.2. The Morgan fingerprint density at radius 2 is 2.35 bits per heavy atom. The molecule has 6 heteroatoms. The van der Waals surface area contributed by atoms with Crippen LogP contribution in [0.3, 0.4) is 0 Å². The van der Waals surface area contributed by atoms with Gasteiger partial charge in [-0.25, -0.2) is 0 Å². The second-order valence-electron chi connectivity index (χ2n) is 5.32. The lowest BCUT2D eigenvalue weighted by Gasteiger charge is -2.35. The number of benzene rings is 1. The van der Waals surface area contributed by atoms with Crippen LogP contribution in [0.5, 0.6) is 0 Å². The maximum absolute atomic E-state index is 6.38. The lowest BCUT2D eigenvalue weighted by atomic mass is 9.95. The molecular weight excluding hydrogens is 338 g/mol. The van der Waals surface area contributed by atoms with Crippen LogP contribution in [0.1, 0.15) is 17.3 Å². The number of aromatic amines is 1. The predicted molar refractivity (Wildman–Crippen MR) is 85.5 cm³/mol. The van der Waals surface area contributed by atoms with E-state index in [0.29, 0.717) is 5.94 Å². The lowest BCUT2D eigenvalue weighted by Crippen LogP contribution is -2.44. The van der Waals surface area contributed by atoms with Gasteiger partial charge >= 0.3 is 0 Å². The molecule has 4 rings (SSSR count). The number of nitrogens with zero attached hydrogens (tertiary/aromatic N) is 1. The van der Waals surface area contributed by atoms with Crippen molar-refractivity contribution >= 4 is 38.6 Å². The quantitative estimate of drug-likeness (QED) is 0.764. The van der Waals surface area contributed by atoms with Crippen LogP contribution in [0, 0.1) is 0 Å². The predicted octanol–water partition coefficient (Wildman–Crippen LogP) is 2.79. The number of nitrogens with one attached hydrogen (secondary N) is 1. The Balaban J connectivity index is 1.88. The fraction of sp³-hybridized carbons (Fsp3) is 0.429. The zero-order valence-electron chi connectivity index (χ0n) is 10.9. The number of fused-ring (bicyclic) bond motifs is 5. The van der Waals surface area contributed by atoms with Gasteiger partial charge in [0.1, 0.15) is 5.94 Å². The number of hydroxylamine groups is 2. The number of hydrogen-bond acceptors (Lipinski definition) is 4. The molecule has 0 radical (unpaired) electrons. The van der Waals surface area contributed by atoms with Gasteiger partial charge in [0, 0.05) is 39.4 Å². The van der Waals surface area contributed by atoms with Gasteiger partial charge in [0.2, 0.25) is 0 Å². The minimum absolute atomic E-state index is 0.0954. The summed E-state index contributed by atoms with van der Waals surface area (Å²) in [7, 11) is 0. The van der Waals surface area contributed by atoms with E-state index < -0.39 is 0 Å². The highest BCUT2D eigenvalue weighted by Gasteiger charge is 2.36. The van der Waals surface area contributed by atoms with Crippen molar-refractivity contribution in [3.8, 4) is 0 Å². The van der Waals surface area contributed by atoms with Gasteiger partial charge in [-0.15, -0.1) is 11.8 Å². The van der Waals surface area contributed by atoms with E-state index in [-0.39, 0.29) is 12.1 Å². The summed E-state index contributed by atoms with van der Waals surface area (Å²) in [5.74, 6) is 1.63. The van der Waals surface area contributed by atoms with Gasteiger partial charge in [-0.1, -0.05) is 22.0 Å². The number of nitrogens with two attached hydrogens (primary N) is 1. The smallest absolute Gasteiger partial charge is 0.114 e. The highest BCUT2D eigenvalue weighted by atomic mass is 79.9. The van der Waals surface area contributed by atoms with Crippen LogP contribution in [-0.4, -0.2) is 34.3 Å². The molecule has 2 aromatic rings. The number of thioether (sulfide) groups is 1. The topological polar surface area (TPSA) is 54.3 Å². The average molecular weight is 354 g/mol. The Morgan fingerprint density at radius 1 is 1.45 bits per heavy atom. The molecule has 0 aliphatic carbocycles. The Hall–Kier alpha value is -0.530. The lowest BCUT2D eigenvalue weighted by molar-refractivity contribution is -0.175. The standard InChI is InChI=1S/C14H16BrN3OS/c15-8-1-2-9-10-3-4-18-14(11(16)6-20-7-19-18)13(10)17-12(9)5-8/h1-2,5,11,14,17H,3-4,6-7,16H2/t11-,14+/m1/s1. The highest BCUT2D eigenvalue weighted by molar-refractivity contribution is 9.10. The minimum atomic E-state index is 0.0954. The first-order valence-electron chi connectivity index (χ1n) is 6.77.